The second kappa shape index (κ2) is 8.22. The highest BCUT2D eigenvalue weighted by molar-refractivity contribution is 6.59. The molecule has 3 aliphatic heterocycles. The second-order valence-electron chi connectivity index (χ2n) is 9.85. The van der Waals surface area contributed by atoms with Gasteiger partial charge in [0, 0.05) is 0 Å². The van der Waals surface area contributed by atoms with Crippen molar-refractivity contribution in [1.82, 2.24) is 4.90 Å². The zero-order valence-electron chi connectivity index (χ0n) is 18.7. The monoisotopic (exact) mass is 450 g/mol. The molecule has 1 aromatic rings. The first-order chi connectivity index (χ1) is 14.9. The zero-order chi connectivity index (χ0) is 23.3. The number of carbonyl (C=O) groups excluding carboxylic acids is 1. The Hall–Kier alpha value is -2.34. The lowest BCUT2D eigenvalue weighted by atomic mass is 9.65. The summed E-state index contributed by atoms with van der Waals surface area (Å²) in [5.74, 6) is -1.54. The van der Waals surface area contributed by atoms with Gasteiger partial charge >= 0.3 is 12.7 Å². The van der Waals surface area contributed by atoms with Gasteiger partial charge in [-0.15, -0.1) is 0 Å². The Morgan fingerprint density at radius 3 is 2.66 bits per heavy atom. The average Bonchev–Trinajstić information content (AvgIpc) is 2.61. The number of morpholine rings is 1. The number of likely N-dealkylation sites (N-methyl/N-ethyl adjacent to an activating group) is 1. The van der Waals surface area contributed by atoms with Gasteiger partial charge < -0.3 is 38.7 Å². The van der Waals surface area contributed by atoms with Crippen LogP contribution in [0.5, 0.6) is 11.5 Å². The molecule has 0 unspecified atom stereocenters. The van der Waals surface area contributed by atoms with Crippen LogP contribution in [0.2, 0.25) is 6.32 Å². The molecule has 2 fully saturated rings. The van der Waals surface area contributed by atoms with Crippen LogP contribution in [0.1, 0.15) is 35.2 Å². The van der Waals surface area contributed by atoms with Gasteiger partial charge in [0.2, 0.25) is 5.91 Å². The summed E-state index contributed by atoms with van der Waals surface area (Å²) in [7, 11) is 4.24. The third kappa shape index (κ3) is 4.70. The largest absolute Gasteiger partial charge is 0.669 e. The summed E-state index contributed by atoms with van der Waals surface area (Å²) < 4.78 is 17.7. The van der Waals surface area contributed by atoms with Gasteiger partial charge in [-0.1, -0.05) is 19.3 Å². The van der Waals surface area contributed by atoms with Gasteiger partial charge in [-0.3, -0.25) is 4.79 Å². The first kappa shape index (κ1) is 22.8. The fraction of sp³-hybridized carbons (Fsp3) is 0.619. The number of hydrogen-bond acceptors (Lipinski definition) is 7. The number of carbonyl (C=O) groups is 2. The molecule has 3 heterocycles. The van der Waals surface area contributed by atoms with Crippen molar-refractivity contribution in [2.45, 2.75) is 37.8 Å². The summed E-state index contributed by atoms with van der Waals surface area (Å²) in [5, 5.41) is 29.7. The predicted octanol–water partition coefficient (Wildman–Crippen LogP) is 0.259. The standard InChI is InChI=1S/C21H31BN2O8/c1-13-9-22(28,29)32-20-16(13)4-5-17(19(20)21(26)27)31-15-10-23(11-15)18(25)8-14-12-24(2,3)6-7-30-14/h4-5,13-15,28-29H,6-12H2,1-3H3,(H,26,27)/t13-,14-/m0/s1. The topological polar surface area (TPSA) is 126 Å². The van der Waals surface area contributed by atoms with Crippen LogP contribution in [0.25, 0.3) is 0 Å². The maximum Gasteiger partial charge on any atom is 0.431 e. The van der Waals surface area contributed by atoms with Crippen molar-refractivity contribution in [3.63, 3.8) is 0 Å². The molecule has 176 valence electrons. The van der Waals surface area contributed by atoms with Crippen LogP contribution in [0.3, 0.4) is 0 Å². The number of carboxylic acids is 1. The molecule has 10 nitrogen and oxygen atoms in total. The Balaban J connectivity index is 1.40. The first-order valence-electron chi connectivity index (χ1n) is 11.0. The van der Waals surface area contributed by atoms with Crippen LogP contribution in [-0.2, 0) is 9.53 Å². The third-order valence-electron chi connectivity index (χ3n) is 6.51. The number of amides is 1. The van der Waals surface area contributed by atoms with Crippen molar-refractivity contribution in [3.8, 4) is 11.5 Å². The molecule has 2 atom stereocenters. The van der Waals surface area contributed by atoms with E-state index in [-0.39, 0.29) is 47.4 Å². The number of carboxylic acid groups (broad SMARTS) is 1. The Labute approximate surface area is 186 Å². The van der Waals surface area contributed by atoms with Gasteiger partial charge in [-0.2, -0.15) is 0 Å². The molecule has 0 aromatic heterocycles. The molecule has 3 aliphatic rings. The van der Waals surface area contributed by atoms with E-state index in [1.165, 1.54) is 0 Å². The molecule has 0 radical (unpaired) electrons. The summed E-state index contributed by atoms with van der Waals surface area (Å²) in [6.07, 6.45) is -0.152. The fourth-order valence-corrected chi connectivity index (χ4v) is 4.73. The van der Waals surface area contributed by atoms with E-state index in [0.717, 1.165) is 17.6 Å². The number of ether oxygens (including phenoxy) is 2. The SMILES string of the molecule is C[C@H]1C[B-](O)(O)Oc2c1ccc(OC1CN(C(=O)C[C@H]3C[N+](C)(C)CCO3)C1)c2C(=O)O. The molecule has 3 N–H and O–H groups in total. The van der Waals surface area contributed by atoms with Crippen LogP contribution in [0.15, 0.2) is 12.1 Å². The van der Waals surface area contributed by atoms with E-state index in [9.17, 15) is 24.7 Å². The molecular weight excluding hydrogens is 419 g/mol. The third-order valence-corrected chi connectivity index (χ3v) is 6.51. The number of nitrogens with zero attached hydrogens (tertiary/aromatic N) is 2. The quantitative estimate of drug-likeness (QED) is 0.431. The van der Waals surface area contributed by atoms with Crippen molar-refractivity contribution < 1.29 is 43.4 Å². The number of aromatic carboxylic acids is 1. The highest BCUT2D eigenvalue weighted by Gasteiger charge is 2.39. The minimum atomic E-state index is -3.13. The van der Waals surface area contributed by atoms with E-state index < -0.39 is 12.7 Å². The van der Waals surface area contributed by atoms with Crippen molar-refractivity contribution >= 4 is 18.6 Å². The molecule has 11 heteroatoms. The number of quaternary nitrogens is 1. The van der Waals surface area contributed by atoms with E-state index in [4.69, 9.17) is 14.1 Å². The number of hydrogen-bond donors (Lipinski definition) is 3. The highest BCUT2D eigenvalue weighted by atomic mass is 16.6. The lowest BCUT2D eigenvalue weighted by Crippen LogP contribution is -2.58. The molecule has 4 rings (SSSR count). The summed E-state index contributed by atoms with van der Waals surface area (Å²) in [4.78, 5) is 26.2. The fourth-order valence-electron chi connectivity index (χ4n) is 4.73. The molecule has 1 aromatic carbocycles. The highest BCUT2D eigenvalue weighted by Crippen LogP contribution is 2.43. The van der Waals surface area contributed by atoms with E-state index in [2.05, 4.69) is 14.1 Å². The van der Waals surface area contributed by atoms with Crippen molar-refractivity contribution in [1.29, 1.82) is 0 Å². The number of likely N-dealkylation sites (tertiary alicyclic amines) is 1. The Kier molecular flexibility index (Phi) is 5.87. The smallest absolute Gasteiger partial charge is 0.431 e. The van der Waals surface area contributed by atoms with Gasteiger partial charge in [0.05, 0.1) is 46.0 Å². The number of benzene rings is 1. The summed E-state index contributed by atoms with van der Waals surface area (Å²) in [6.45, 7) is 1.70. The average molecular weight is 450 g/mol. The minimum absolute atomic E-state index is 0.00721. The van der Waals surface area contributed by atoms with Gasteiger partial charge in [0.25, 0.3) is 0 Å². The molecule has 2 saturated heterocycles. The van der Waals surface area contributed by atoms with Crippen LogP contribution in [0.4, 0.5) is 0 Å². The van der Waals surface area contributed by atoms with Crippen LogP contribution < -0.4 is 9.39 Å². The zero-order valence-corrected chi connectivity index (χ0v) is 18.7. The molecule has 0 aliphatic carbocycles. The van der Waals surface area contributed by atoms with Crippen LogP contribution in [-0.4, -0.2) is 102 Å². The lowest BCUT2D eigenvalue weighted by Gasteiger charge is -2.42. The lowest BCUT2D eigenvalue weighted by molar-refractivity contribution is -0.901. The molecule has 0 spiro atoms. The summed E-state index contributed by atoms with van der Waals surface area (Å²) in [5.41, 5.74) is 0.360. The van der Waals surface area contributed by atoms with E-state index in [1.54, 1.807) is 24.0 Å². The van der Waals surface area contributed by atoms with E-state index in [1.807, 2.05) is 0 Å². The van der Waals surface area contributed by atoms with Gasteiger partial charge in [-0.05, 0) is 17.5 Å². The molecular formula is C21H31BN2O8. The molecule has 0 saturated carbocycles. The Morgan fingerprint density at radius 2 is 2.00 bits per heavy atom. The maximum absolute atomic E-state index is 12.6. The van der Waals surface area contributed by atoms with Crippen molar-refractivity contribution in [2.75, 3.05) is 46.9 Å². The first-order valence-corrected chi connectivity index (χ1v) is 11.0. The second-order valence-corrected chi connectivity index (χ2v) is 9.85. The molecule has 1 amide bonds. The Morgan fingerprint density at radius 1 is 1.28 bits per heavy atom. The molecule has 32 heavy (non-hydrogen) atoms. The van der Waals surface area contributed by atoms with Crippen LogP contribution >= 0.6 is 0 Å². The van der Waals surface area contributed by atoms with Crippen molar-refractivity contribution in [2.24, 2.45) is 0 Å². The maximum atomic E-state index is 12.6. The molecule has 0 bridgehead atoms. The van der Waals surface area contributed by atoms with Gasteiger partial charge in [-0.25, -0.2) is 4.79 Å². The van der Waals surface area contributed by atoms with Crippen molar-refractivity contribution in [3.05, 3.63) is 23.3 Å². The number of rotatable bonds is 5. The number of fused-ring (bicyclic) bond motifs is 1. The van der Waals surface area contributed by atoms with E-state index >= 15 is 0 Å². The van der Waals surface area contributed by atoms with Gasteiger partial charge in [0.15, 0.2) is 0 Å². The Bertz CT molecular complexity index is 915. The normalized spacial score (nSPS) is 26.5. The van der Waals surface area contributed by atoms with Gasteiger partial charge in [0.1, 0.15) is 36.6 Å². The van der Waals surface area contributed by atoms with Crippen LogP contribution in [0, 0.1) is 0 Å². The summed E-state index contributed by atoms with van der Waals surface area (Å²) in [6, 6.07) is 3.26. The summed E-state index contributed by atoms with van der Waals surface area (Å²) >= 11 is 0. The van der Waals surface area contributed by atoms with E-state index in [0.29, 0.717) is 31.7 Å². The predicted molar refractivity (Wildman–Crippen MR) is 115 cm³/mol. The minimum Gasteiger partial charge on any atom is -0.669 e.